The van der Waals surface area contributed by atoms with E-state index in [-0.39, 0.29) is 24.8 Å². The van der Waals surface area contributed by atoms with Crippen molar-refractivity contribution in [3.63, 3.8) is 0 Å². The van der Waals surface area contributed by atoms with Crippen LogP contribution < -0.4 is 0 Å². The summed E-state index contributed by atoms with van der Waals surface area (Å²) in [6.07, 6.45) is 0.212. The smallest absolute Gasteiger partial charge is 0.242 e. The Morgan fingerprint density at radius 2 is 1.95 bits per heavy atom. The topological polar surface area (TPSA) is 53.5 Å². The second kappa shape index (κ2) is 8.21. The average Bonchev–Trinajstić information content (AvgIpc) is 2.87. The summed E-state index contributed by atoms with van der Waals surface area (Å²) < 4.78 is 0. The first-order valence-electron chi connectivity index (χ1n) is 6.52. The number of likely N-dealkylation sites (N-methyl/N-ethyl adjacent to an activating group) is 2. The maximum atomic E-state index is 12.0. The van der Waals surface area contributed by atoms with Crippen LogP contribution in [0, 0.1) is 0 Å². The maximum absolute atomic E-state index is 12.0. The van der Waals surface area contributed by atoms with Crippen LogP contribution in [0.5, 0.6) is 0 Å². The Kier molecular flexibility index (Phi) is 6.95. The van der Waals surface area contributed by atoms with Gasteiger partial charge in [-0.1, -0.05) is 0 Å². The summed E-state index contributed by atoms with van der Waals surface area (Å²) in [5, 5.41) is 2.57. The highest BCUT2D eigenvalue weighted by Gasteiger charge is 2.17. The zero-order chi connectivity index (χ0) is 15.1. The monoisotopic (exact) mass is 317 g/mol. The molecule has 1 rings (SSSR count). The molecule has 1 aromatic heterocycles. The van der Waals surface area contributed by atoms with E-state index in [4.69, 9.17) is 11.6 Å². The Balaban J connectivity index is 2.52. The maximum Gasteiger partial charge on any atom is 0.242 e. The molecule has 0 saturated carbocycles. The zero-order valence-corrected chi connectivity index (χ0v) is 13.6. The summed E-state index contributed by atoms with van der Waals surface area (Å²) in [6.45, 7) is 5.26. The van der Waals surface area contributed by atoms with Crippen molar-refractivity contribution in [3.8, 4) is 0 Å². The van der Waals surface area contributed by atoms with Gasteiger partial charge in [0.1, 0.15) is 5.01 Å². The van der Waals surface area contributed by atoms with Crippen molar-refractivity contribution in [2.75, 3.05) is 26.7 Å². The van der Waals surface area contributed by atoms with Crippen LogP contribution in [0.15, 0.2) is 5.38 Å². The number of hydrogen-bond donors (Lipinski definition) is 0. The number of aromatic nitrogens is 1. The predicted octanol–water partition coefficient (Wildman–Crippen LogP) is 1.75. The van der Waals surface area contributed by atoms with Gasteiger partial charge in [-0.15, -0.1) is 22.9 Å². The molecule has 0 aliphatic carbocycles. The van der Waals surface area contributed by atoms with Gasteiger partial charge < -0.3 is 9.80 Å². The molecule has 0 bridgehead atoms. The third-order valence-corrected chi connectivity index (χ3v) is 4.12. The Morgan fingerprint density at radius 1 is 1.30 bits per heavy atom. The lowest BCUT2D eigenvalue weighted by Crippen LogP contribution is -2.41. The molecule has 20 heavy (non-hydrogen) atoms. The zero-order valence-electron chi connectivity index (χ0n) is 12.1. The minimum absolute atomic E-state index is 0.0357. The third kappa shape index (κ3) is 4.76. The summed E-state index contributed by atoms with van der Waals surface area (Å²) in [5.41, 5.74) is 0.779. The fourth-order valence-electron chi connectivity index (χ4n) is 1.72. The minimum atomic E-state index is -0.110. The number of amides is 2. The van der Waals surface area contributed by atoms with E-state index in [0.717, 1.165) is 10.7 Å². The highest BCUT2D eigenvalue weighted by Crippen LogP contribution is 2.13. The molecular weight excluding hydrogens is 298 g/mol. The van der Waals surface area contributed by atoms with Crippen LogP contribution in [0.4, 0.5) is 0 Å². The van der Waals surface area contributed by atoms with Crippen molar-refractivity contribution >= 4 is 34.8 Å². The molecule has 1 aromatic rings. The molecule has 0 unspecified atom stereocenters. The molecule has 0 aliphatic rings. The molecule has 112 valence electrons. The molecule has 0 aliphatic heterocycles. The number of hydrogen-bond acceptors (Lipinski definition) is 4. The average molecular weight is 318 g/mol. The first kappa shape index (κ1) is 16.9. The molecule has 0 saturated heterocycles. The Labute approximate surface area is 128 Å². The van der Waals surface area contributed by atoms with Crippen LogP contribution >= 0.6 is 22.9 Å². The van der Waals surface area contributed by atoms with Gasteiger partial charge in [0, 0.05) is 25.5 Å². The summed E-state index contributed by atoms with van der Waals surface area (Å²) in [4.78, 5) is 31.4. The van der Waals surface area contributed by atoms with Crippen LogP contribution in [0.2, 0.25) is 0 Å². The minimum Gasteiger partial charge on any atom is -0.342 e. The molecule has 0 aromatic carbocycles. The number of nitrogens with zero attached hydrogens (tertiary/aromatic N) is 3. The van der Waals surface area contributed by atoms with Crippen LogP contribution in [0.3, 0.4) is 0 Å². The molecule has 7 heteroatoms. The summed E-state index contributed by atoms with van der Waals surface area (Å²) >= 11 is 7.09. The van der Waals surface area contributed by atoms with Gasteiger partial charge in [-0.3, -0.25) is 9.59 Å². The van der Waals surface area contributed by atoms with E-state index < -0.39 is 0 Å². The summed E-state index contributed by atoms with van der Waals surface area (Å²) in [7, 11) is 1.64. The Hall–Kier alpha value is -1.14. The first-order chi connectivity index (χ1) is 9.51. The number of halogens is 1. The van der Waals surface area contributed by atoms with Crippen LogP contribution in [-0.4, -0.2) is 53.3 Å². The lowest BCUT2D eigenvalue weighted by Gasteiger charge is -2.23. The lowest BCUT2D eigenvalue weighted by molar-refractivity contribution is -0.138. The first-order valence-corrected chi connectivity index (χ1v) is 7.94. The second-order valence-corrected chi connectivity index (χ2v) is 5.57. The van der Waals surface area contributed by atoms with Crippen molar-refractivity contribution < 1.29 is 9.59 Å². The van der Waals surface area contributed by atoms with E-state index in [0.29, 0.717) is 19.0 Å². The van der Waals surface area contributed by atoms with Gasteiger partial charge in [-0.05, 0) is 13.8 Å². The normalized spacial score (nSPS) is 10.4. The molecule has 0 N–H and O–H groups in total. The van der Waals surface area contributed by atoms with Crippen LogP contribution in [0.25, 0.3) is 0 Å². The third-order valence-electron chi connectivity index (χ3n) is 2.95. The molecule has 0 atom stereocenters. The van der Waals surface area contributed by atoms with Crippen molar-refractivity contribution in [1.82, 2.24) is 14.8 Å². The Morgan fingerprint density at radius 3 is 2.45 bits per heavy atom. The van der Waals surface area contributed by atoms with Gasteiger partial charge >= 0.3 is 0 Å². The number of thiazole rings is 1. The molecule has 2 amide bonds. The van der Waals surface area contributed by atoms with E-state index in [1.165, 1.54) is 16.2 Å². The van der Waals surface area contributed by atoms with Crippen molar-refractivity contribution in [2.45, 2.75) is 26.1 Å². The van der Waals surface area contributed by atoms with Gasteiger partial charge in [-0.2, -0.15) is 0 Å². The van der Waals surface area contributed by atoms with Crippen molar-refractivity contribution in [2.24, 2.45) is 0 Å². The van der Waals surface area contributed by atoms with Gasteiger partial charge in [-0.25, -0.2) is 4.98 Å². The largest absolute Gasteiger partial charge is 0.342 e. The fourth-order valence-corrected chi connectivity index (χ4v) is 2.74. The van der Waals surface area contributed by atoms with Gasteiger partial charge in [0.05, 0.1) is 24.5 Å². The molecule has 0 fully saturated rings. The quantitative estimate of drug-likeness (QED) is 0.720. The lowest BCUT2D eigenvalue weighted by atomic mass is 10.3. The Bertz CT molecular complexity index is 460. The van der Waals surface area contributed by atoms with E-state index in [9.17, 15) is 9.59 Å². The number of carbonyl (C=O) groups excluding carboxylic acids is 2. The fraction of sp³-hybridized carbons (Fsp3) is 0.615. The van der Waals surface area contributed by atoms with Crippen LogP contribution in [0.1, 0.15) is 24.5 Å². The SMILES string of the molecule is CCN(CC)C(=O)CN(C)C(=O)Cc1nc(CCl)cs1. The number of carbonyl (C=O) groups is 2. The number of rotatable bonds is 7. The highest BCUT2D eigenvalue weighted by atomic mass is 35.5. The number of alkyl halides is 1. The van der Waals surface area contributed by atoms with E-state index in [2.05, 4.69) is 4.98 Å². The van der Waals surface area contributed by atoms with Gasteiger partial charge in [0.15, 0.2) is 0 Å². The molecule has 1 heterocycles. The van der Waals surface area contributed by atoms with E-state index in [1.807, 2.05) is 19.2 Å². The van der Waals surface area contributed by atoms with Gasteiger partial charge in [0.25, 0.3) is 0 Å². The summed E-state index contributed by atoms with van der Waals surface area (Å²) in [6, 6.07) is 0. The summed E-state index contributed by atoms with van der Waals surface area (Å²) in [5.74, 6) is 0.202. The highest BCUT2D eigenvalue weighted by molar-refractivity contribution is 7.09. The van der Waals surface area contributed by atoms with E-state index >= 15 is 0 Å². The molecular formula is C13H20ClN3O2S. The van der Waals surface area contributed by atoms with Gasteiger partial charge in [0.2, 0.25) is 11.8 Å². The molecule has 0 spiro atoms. The molecule has 5 nitrogen and oxygen atoms in total. The van der Waals surface area contributed by atoms with E-state index in [1.54, 1.807) is 11.9 Å². The van der Waals surface area contributed by atoms with Crippen molar-refractivity contribution in [3.05, 3.63) is 16.1 Å². The standard InChI is InChI=1S/C13H20ClN3O2S/c1-4-17(5-2)13(19)8-16(3)12(18)6-11-15-10(7-14)9-20-11/h9H,4-8H2,1-3H3. The van der Waals surface area contributed by atoms with Crippen molar-refractivity contribution in [1.29, 1.82) is 0 Å². The predicted molar refractivity (Wildman–Crippen MR) is 80.9 cm³/mol. The second-order valence-electron chi connectivity index (χ2n) is 4.36. The molecule has 0 radical (unpaired) electrons. The van der Waals surface area contributed by atoms with Crippen LogP contribution in [-0.2, 0) is 21.9 Å².